The molecule has 0 heterocycles. The minimum atomic E-state index is -1.42. The molecule has 0 aliphatic carbocycles. The molecule has 0 aliphatic rings. The van der Waals surface area contributed by atoms with Gasteiger partial charge in [0.2, 0.25) is 0 Å². The van der Waals surface area contributed by atoms with Gasteiger partial charge in [-0.2, -0.15) is 0 Å². The number of carbonyl (C=O) groups is 1. The summed E-state index contributed by atoms with van der Waals surface area (Å²) in [6, 6.07) is 15.0. The molecule has 0 bridgehead atoms. The quantitative estimate of drug-likeness (QED) is 0.633. The van der Waals surface area contributed by atoms with Gasteiger partial charge in [-0.25, -0.2) is 0 Å². The molecule has 0 atom stereocenters. The van der Waals surface area contributed by atoms with Crippen molar-refractivity contribution in [2.24, 2.45) is 0 Å². The van der Waals surface area contributed by atoms with E-state index in [2.05, 4.69) is 0 Å². The maximum absolute atomic E-state index is 11.7. The summed E-state index contributed by atoms with van der Waals surface area (Å²) in [4.78, 5) is 11.7. The van der Waals surface area contributed by atoms with Crippen LogP contribution in [-0.4, -0.2) is 16.0 Å². The van der Waals surface area contributed by atoms with E-state index in [-0.39, 0.29) is 5.78 Å². The summed E-state index contributed by atoms with van der Waals surface area (Å²) in [6.07, 6.45) is 0.807. The first-order valence-corrected chi connectivity index (χ1v) is 7.17. The van der Waals surface area contributed by atoms with Gasteiger partial charge in [-0.1, -0.05) is 49.4 Å². The molecular formula is C18H20O3. The summed E-state index contributed by atoms with van der Waals surface area (Å²) in [5, 5.41) is 18.1. The Morgan fingerprint density at radius 1 is 1.00 bits per heavy atom. The van der Waals surface area contributed by atoms with Crippen LogP contribution in [0.4, 0.5) is 0 Å². The fourth-order valence-electron chi connectivity index (χ4n) is 2.25. The number of aliphatic hydroxyl groups is 2. The lowest BCUT2D eigenvalue weighted by molar-refractivity contribution is -0.0424. The van der Waals surface area contributed by atoms with Gasteiger partial charge in [0, 0.05) is 17.5 Å². The molecule has 110 valence electrons. The Bertz CT molecular complexity index is 600. The Kier molecular flexibility index (Phi) is 5.26. The predicted molar refractivity (Wildman–Crippen MR) is 82.1 cm³/mol. The van der Waals surface area contributed by atoms with Crippen LogP contribution in [-0.2, 0) is 12.8 Å². The van der Waals surface area contributed by atoms with Crippen molar-refractivity contribution in [3.05, 3.63) is 70.8 Å². The Morgan fingerprint density at radius 3 is 2.29 bits per heavy atom. The van der Waals surface area contributed by atoms with Crippen molar-refractivity contribution in [3.8, 4) is 0 Å². The number of rotatable bonds is 6. The van der Waals surface area contributed by atoms with E-state index in [9.17, 15) is 4.79 Å². The minimum absolute atomic E-state index is 0.165. The van der Waals surface area contributed by atoms with E-state index in [1.807, 2.05) is 43.3 Å². The van der Waals surface area contributed by atoms with E-state index in [0.29, 0.717) is 12.0 Å². The van der Waals surface area contributed by atoms with Gasteiger partial charge in [-0.3, -0.25) is 4.79 Å². The maximum Gasteiger partial charge on any atom is 0.178 e. The molecule has 0 fully saturated rings. The molecule has 2 rings (SSSR count). The first kappa shape index (κ1) is 15.4. The molecule has 0 spiro atoms. The number of hydrogen-bond donors (Lipinski definition) is 2. The number of benzene rings is 2. The van der Waals surface area contributed by atoms with Gasteiger partial charge >= 0.3 is 0 Å². The summed E-state index contributed by atoms with van der Waals surface area (Å²) in [6.45, 7) is 1.87. The molecule has 0 aliphatic heterocycles. The first-order valence-electron chi connectivity index (χ1n) is 7.17. The monoisotopic (exact) mass is 284 g/mol. The molecule has 3 nitrogen and oxygen atoms in total. The number of Topliss-reactive ketones (excluding diaryl/α,β-unsaturated/α-hetero) is 1. The largest absolute Gasteiger partial charge is 0.364 e. The van der Waals surface area contributed by atoms with Gasteiger partial charge in [0.05, 0.1) is 0 Å². The molecule has 0 saturated heterocycles. The zero-order valence-corrected chi connectivity index (χ0v) is 12.1. The molecule has 2 aromatic rings. The molecule has 0 amide bonds. The molecule has 0 unspecified atom stereocenters. The number of aryl methyl sites for hydroxylation is 2. The Balaban J connectivity index is 2.01. The number of aliphatic hydroxyl groups excluding tert-OH is 1. The highest BCUT2D eigenvalue weighted by molar-refractivity contribution is 5.95. The normalized spacial score (nSPS) is 10.9. The third kappa shape index (κ3) is 4.25. The summed E-state index contributed by atoms with van der Waals surface area (Å²) < 4.78 is 0. The lowest BCUT2D eigenvalue weighted by Gasteiger charge is -2.07. The fourth-order valence-corrected chi connectivity index (χ4v) is 2.25. The molecule has 2 N–H and O–H groups in total. The second kappa shape index (κ2) is 7.16. The van der Waals surface area contributed by atoms with Crippen molar-refractivity contribution < 1.29 is 15.0 Å². The predicted octanol–water partition coefficient (Wildman–Crippen LogP) is 3.05. The van der Waals surface area contributed by atoms with E-state index in [4.69, 9.17) is 10.2 Å². The van der Waals surface area contributed by atoms with Gasteiger partial charge in [-0.15, -0.1) is 0 Å². The number of ketones is 1. The number of carbonyl (C=O) groups excluding carboxylic acids is 1. The van der Waals surface area contributed by atoms with Crippen LogP contribution in [0.5, 0.6) is 0 Å². The second-order valence-corrected chi connectivity index (χ2v) is 5.09. The maximum atomic E-state index is 11.7. The van der Waals surface area contributed by atoms with E-state index >= 15 is 0 Å². The summed E-state index contributed by atoms with van der Waals surface area (Å²) in [5.41, 5.74) is 3.54. The van der Waals surface area contributed by atoms with Crippen molar-refractivity contribution in [3.63, 3.8) is 0 Å². The van der Waals surface area contributed by atoms with Crippen molar-refractivity contribution in [1.29, 1.82) is 0 Å². The van der Waals surface area contributed by atoms with Crippen molar-refractivity contribution in [1.82, 2.24) is 0 Å². The average Bonchev–Trinajstić information content (AvgIpc) is 2.52. The smallest absolute Gasteiger partial charge is 0.178 e. The second-order valence-electron chi connectivity index (χ2n) is 5.09. The zero-order valence-electron chi connectivity index (χ0n) is 12.1. The molecule has 0 saturated carbocycles. The summed E-state index contributed by atoms with van der Waals surface area (Å²) in [5.74, 6) is 0.165. The van der Waals surface area contributed by atoms with Gasteiger partial charge in [0.1, 0.15) is 0 Å². The van der Waals surface area contributed by atoms with E-state index in [1.165, 1.54) is 0 Å². The average molecular weight is 284 g/mol. The minimum Gasteiger partial charge on any atom is -0.364 e. The molecular weight excluding hydrogens is 264 g/mol. The van der Waals surface area contributed by atoms with Crippen molar-refractivity contribution in [2.45, 2.75) is 32.5 Å². The van der Waals surface area contributed by atoms with Crippen LogP contribution >= 0.6 is 0 Å². The standard InChI is InChI=1S/C18H20O3/c1-2-17(19)16-5-3-4-14(12-16)7-6-13-8-10-15(11-9-13)18(20)21/h3-5,8-12,18,20-21H,2,6-7H2,1H3. The Labute approximate surface area is 124 Å². The van der Waals surface area contributed by atoms with Crippen molar-refractivity contribution in [2.75, 3.05) is 0 Å². The lowest BCUT2D eigenvalue weighted by atomic mass is 10.00. The van der Waals surface area contributed by atoms with E-state index in [1.54, 1.807) is 12.1 Å². The highest BCUT2D eigenvalue weighted by atomic mass is 16.5. The SMILES string of the molecule is CCC(=O)c1cccc(CCc2ccc(C(O)O)cc2)c1. The molecule has 0 aromatic heterocycles. The molecule has 2 aromatic carbocycles. The van der Waals surface area contributed by atoms with E-state index < -0.39 is 6.29 Å². The van der Waals surface area contributed by atoms with Crippen LogP contribution in [0.15, 0.2) is 48.5 Å². The van der Waals surface area contributed by atoms with Gasteiger partial charge in [0.15, 0.2) is 12.1 Å². The molecule has 3 heteroatoms. The highest BCUT2D eigenvalue weighted by Gasteiger charge is 2.05. The van der Waals surface area contributed by atoms with Gasteiger partial charge in [-0.05, 0) is 30.0 Å². The van der Waals surface area contributed by atoms with Gasteiger partial charge < -0.3 is 10.2 Å². The first-order chi connectivity index (χ1) is 10.1. The molecule has 21 heavy (non-hydrogen) atoms. The van der Waals surface area contributed by atoms with Gasteiger partial charge in [0.25, 0.3) is 0 Å². The van der Waals surface area contributed by atoms with Crippen LogP contribution in [0.3, 0.4) is 0 Å². The zero-order chi connectivity index (χ0) is 15.2. The Morgan fingerprint density at radius 2 is 1.67 bits per heavy atom. The van der Waals surface area contributed by atoms with Crippen LogP contribution in [0.25, 0.3) is 0 Å². The van der Waals surface area contributed by atoms with Crippen molar-refractivity contribution >= 4 is 5.78 Å². The molecule has 0 radical (unpaired) electrons. The number of hydrogen-bond acceptors (Lipinski definition) is 3. The van der Waals surface area contributed by atoms with Crippen LogP contribution in [0.1, 0.15) is 46.7 Å². The van der Waals surface area contributed by atoms with Crippen LogP contribution < -0.4 is 0 Å². The van der Waals surface area contributed by atoms with Crippen LogP contribution in [0, 0.1) is 0 Å². The summed E-state index contributed by atoms with van der Waals surface area (Å²) in [7, 11) is 0. The fraction of sp³-hybridized carbons (Fsp3) is 0.278. The lowest BCUT2D eigenvalue weighted by Crippen LogP contribution is -1.99. The third-order valence-electron chi connectivity index (χ3n) is 3.55. The third-order valence-corrected chi connectivity index (χ3v) is 3.55. The van der Waals surface area contributed by atoms with E-state index in [0.717, 1.165) is 29.5 Å². The topological polar surface area (TPSA) is 57.5 Å². The van der Waals surface area contributed by atoms with Crippen LogP contribution in [0.2, 0.25) is 0 Å². The Hall–Kier alpha value is -1.97. The summed E-state index contributed by atoms with van der Waals surface area (Å²) >= 11 is 0. The highest BCUT2D eigenvalue weighted by Crippen LogP contribution is 2.14.